The molecule has 1 N–H and O–H groups in total. The van der Waals surface area contributed by atoms with Gasteiger partial charge in [-0.15, -0.1) is 0 Å². The molecule has 3 aromatic carbocycles. The molecule has 1 aromatic heterocycles. The van der Waals surface area contributed by atoms with Crippen LogP contribution in [0.15, 0.2) is 82.0 Å². The summed E-state index contributed by atoms with van der Waals surface area (Å²) in [4.78, 5) is 38.9. The number of halogens is 1. The number of ether oxygens (including phenoxy) is 1. The molecule has 0 bridgehead atoms. The van der Waals surface area contributed by atoms with Gasteiger partial charge in [-0.05, 0) is 36.2 Å². The molecule has 7 nitrogen and oxygen atoms in total. The van der Waals surface area contributed by atoms with Crippen LogP contribution in [0.3, 0.4) is 0 Å². The van der Waals surface area contributed by atoms with E-state index in [9.17, 15) is 14.4 Å². The molecule has 170 valence electrons. The van der Waals surface area contributed by atoms with Gasteiger partial charge in [0.05, 0.1) is 16.4 Å². The number of carbonyl (C=O) groups excluding carboxylic acids is 2. The fraction of sp³-hybridized carbons (Fsp3) is 0.115. The van der Waals surface area contributed by atoms with E-state index in [0.29, 0.717) is 22.3 Å². The maximum absolute atomic E-state index is 13.2. The highest BCUT2D eigenvalue weighted by Crippen LogP contribution is 2.36. The van der Waals surface area contributed by atoms with Crippen molar-refractivity contribution in [3.8, 4) is 16.9 Å². The molecule has 0 saturated heterocycles. The van der Waals surface area contributed by atoms with Gasteiger partial charge in [-0.25, -0.2) is 4.79 Å². The molecule has 1 atom stereocenters. The van der Waals surface area contributed by atoms with Crippen molar-refractivity contribution < 1.29 is 18.7 Å². The summed E-state index contributed by atoms with van der Waals surface area (Å²) in [5.74, 6) is -0.505. The van der Waals surface area contributed by atoms with E-state index in [2.05, 4.69) is 5.32 Å². The molecule has 0 radical (unpaired) electrons. The summed E-state index contributed by atoms with van der Waals surface area (Å²) in [5.41, 5.74) is 2.44. The number of benzene rings is 3. The summed E-state index contributed by atoms with van der Waals surface area (Å²) in [6.45, 7) is 1.46. The van der Waals surface area contributed by atoms with E-state index in [1.54, 1.807) is 37.3 Å². The third-order valence-corrected chi connectivity index (χ3v) is 5.87. The first-order chi connectivity index (χ1) is 16.4. The van der Waals surface area contributed by atoms with E-state index < -0.39 is 17.6 Å². The highest BCUT2D eigenvalue weighted by molar-refractivity contribution is 6.33. The van der Waals surface area contributed by atoms with E-state index in [0.717, 1.165) is 5.56 Å². The van der Waals surface area contributed by atoms with Gasteiger partial charge in [0.15, 0.2) is 6.10 Å². The molecule has 0 fully saturated rings. The first-order valence-corrected chi connectivity index (χ1v) is 11.0. The minimum absolute atomic E-state index is 0.121. The second kappa shape index (κ2) is 8.68. The Morgan fingerprint density at radius 1 is 1.06 bits per heavy atom. The normalized spacial score (nSPS) is 13.8. The number of nitrogens with zero attached hydrogens (tertiary/aromatic N) is 1. The highest BCUT2D eigenvalue weighted by Gasteiger charge is 2.31. The molecule has 4 aromatic rings. The summed E-state index contributed by atoms with van der Waals surface area (Å²) >= 11 is 6.51. The predicted molar refractivity (Wildman–Crippen MR) is 130 cm³/mol. The summed E-state index contributed by atoms with van der Waals surface area (Å²) < 4.78 is 11.3. The zero-order valence-corrected chi connectivity index (χ0v) is 18.8. The number of hydrogen-bond donors (Lipinski definition) is 1. The molecule has 1 unspecified atom stereocenters. The Morgan fingerprint density at radius 3 is 2.59 bits per heavy atom. The van der Waals surface area contributed by atoms with E-state index in [1.807, 2.05) is 30.3 Å². The van der Waals surface area contributed by atoms with Crippen molar-refractivity contribution in [2.24, 2.45) is 0 Å². The fourth-order valence-electron chi connectivity index (χ4n) is 4.00. The van der Waals surface area contributed by atoms with Crippen molar-refractivity contribution >= 4 is 45.8 Å². The maximum Gasteiger partial charge on any atom is 0.336 e. The van der Waals surface area contributed by atoms with Crippen molar-refractivity contribution in [3.05, 3.63) is 88.2 Å². The number of anilines is 2. The van der Waals surface area contributed by atoms with Crippen LogP contribution < -0.4 is 20.6 Å². The molecule has 8 heteroatoms. The standard InChI is InChI=1S/C26H19ClN2O5/c1-15(26(32)29-14-24(30)28-20-9-5-6-10-21(20)29)33-23-13-22-18(11-19(23)27)17(12-25(31)34-22)16-7-3-2-4-8-16/h2-13,15H,14H2,1H3,(H,28,30). The molecule has 2 heterocycles. The Hall–Kier alpha value is -4.10. The van der Waals surface area contributed by atoms with Crippen LogP contribution in [-0.2, 0) is 9.59 Å². The van der Waals surface area contributed by atoms with Crippen LogP contribution in [0.2, 0.25) is 5.02 Å². The topological polar surface area (TPSA) is 88.8 Å². The monoisotopic (exact) mass is 474 g/mol. The van der Waals surface area contributed by atoms with Crippen LogP contribution in [0.4, 0.5) is 11.4 Å². The van der Waals surface area contributed by atoms with E-state index in [-0.39, 0.29) is 28.8 Å². The number of para-hydroxylation sites is 2. The average molecular weight is 475 g/mol. The molecule has 2 amide bonds. The first kappa shape index (κ1) is 21.7. The molecule has 1 aliphatic heterocycles. The molecule has 0 aliphatic carbocycles. The molecular formula is C26H19ClN2O5. The van der Waals surface area contributed by atoms with Gasteiger partial charge in [-0.1, -0.05) is 54.1 Å². The molecule has 1 aliphatic rings. The Morgan fingerprint density at radius 2 is 1.79 bits per heavy atom. The van der Waals surface area contributed by atoms with Gasteiger partial charge in [0.2, 0.25) is 5.91 Å². The Balaban J connectivity index is 1.47. The van der Waals surface area contributed by atoms with Crippen molar-refractivity contribution in [2.75, 3.05) is 16.8 Å². The first-order valence-electron chi connectivity index (χ1n) is 10.6. The Kier molecular flexibility index (Phi) is 5.55. The number of amides is 2. The largest absolute Gasteiger partial charge is 0.479 e. The van der Waals surface area contributed by atoms with Gasteiger partial charge < -0.3 is 14.5 Å². The van der Waals surface area contributed by atoms with Crippen molar-refractivity contribution in [1.29, 1.82) is 0 Å². The van der Waals surface area contributed by atoms with Crippen LogP contribution >= 0.6 is 11.6 Å². The molecular weight excluding hydrogens is 456 g/mol. The lowest BCUT2D eigenvalue weighted by Crippen LogP contribution is -2.47. The van der Waals surface area contributed by atoms with E-state index in [1.165, 1.54) is 17.0 Å². The van der Waals surface area contributed by atoms with E-state index >= 15 is 0 Å². The van der Waals surface area contributed by atoms with Crippen LogP contribution in [-0.4, -0.2) is 24.5 Å². The predicted octanol–water partition coefficient (Wildman–Crippen LogP) is 4.87. The molecule has 0 saturated carbocycles. The number of carbonyl (C=O) groups is 2. The number of fused-ring (bicyclic) bond motifs is 2. The second-order valence-electron chi connectivity index (χ2n) is 7.87. The summed E-state index contributed by atoms with van der Waals surface area (Å²) in [6, 6.07) is 21.0. The number of nitrogens with one attached hydrogen (secondary N) is 1. The quantitative estimate of drug-likeness (QED) is 0.426. The lowest BCUT2D eigenvalue weighted by atomic mass is 10.0. The lowest BCUT2D eigenvalue weighted by Gasteiger charge is -2.31. The minimum atomic E-state index is -0.960. The van der Waals surface area contributed by atoms with Crippen LogP contribution in [0.25, 0.3) is 22.1 Å². The second-order valence-corrected chi connectivity index (χ2v) is 8.28. The van der Waals surface area contributed by atoms with Gasteiger partial charge in [0.1, 0.15) is 17.9 Å². The third-order valence-electron chi connectivity index (χ3n) is 5.57. The SMILES string of the molecule is CC(Oc1cc2oc(=O)cc(-c3ccccc3)c2cc1Cl)C(=O)N1CC(=O)Nc2ccccc21. The van der Waals surface area contributed by atoms with Crippen molar-refractivity contribution in [1.82, 2.24) is 0 Å². The van der Waals surface area contributed by atoms with Crippen LogP contribution in [0.5, 0.6) is 5.75 Å². The van der Waals surface area contributed by atoms with Crippen LogP contribution in [0.1, 0.15) is 6.92 Å². The molecule has 5 rings (SSSR count). The minimum Gasteiger partial charge on any atom is -0.479 e. The smallest absolute Gasteiger partial charge is 0.336 e. The van der Waals surface area contributed by atoms with Crippen molar-refractivity contribution in [3.63, 3.8) is 0 Å². The average Bonchev–Trinajstić information content (AvgIpc) is 2.84. The van der Waals surface area contributed by atoms with Gasteiger partial charge >= 0.3 is 5.63 Å². The highest BCUT2D eigenvalue weighted by atomic mass is 35.5. The molecule has 0 spiro atoms. The number of hydrogen-bond acceptors (Lipinski definition) is 5. The fourth-order valence-corrected chi connectivity index (χ4v) is 4.21. The zero-order chi connectivity index (χ0) is 23.8. The third kappa shape index (κ3) is 4.02. The summed E-state index contributed by atoms with van der Waals surface area (Å²) in [6.07, 6.45) is -0.960. The summed E-state index contributed by atoms with van der Waals surface area (Å²) in [5, 5.41) is 3.65. The Labute approximate surface area is 199 Å². The van der Waals surface area contributed by atoms with Crippen LogP contribution in [0, 0.1) is 0 Å². The van der Waals surface area contributed by atoms with E-state index in [4.69, 9.17) is 20.8 Å². The summed E-state index contributed by atoms with van der Waals surface area (Å²) in [7, 11) is 0. The van der Waals surface area contributed by atoms with Gasteiger partial charge in [-0.3, -0.25) is 14.5 Å². The maximum atomic E-state index is 13.2. The number of rotatable bonds is 4. The van der Waals surface area contributed by atoms with Crippen molar-refractivity contribution in [2.45, 2.75) is 13.0 Å². The van der Waals surface area contributed by atoms with Gasteiger partial charge in [0.25, 0.3) is 5.91 Å². The zero-order valence-electron chi connectivity index (χ0n) is 18.1. The molecule has 34 heavy (non-hydrogen) atoms. The van der Waals surface area contributed by atoms with Gasteiger partial charge in [-0.2, -0.15) is 0 Å². The van der Waals surface area contributed by atoms with Gasteiger partial charge in [0, 0.05) is 17.5 Å². The Bertz CT molecular complexity index is 1480. The lowest BCUT2D eigenvalue weighted by molar-refractivity contribution is -0.126.